The number of anilines is 3. The molecule has 0 aliphatic rings. The second-order valence-electron chi connectivity index (χ2n) is 12.4. The molecule has 2 heterocycles. The minimum atomic E-state index is 0.498. The second-order valence-corrected chi connectivity index (χ2v) is 12.4. The summed E-state index contributed by atoms with van der Waals surface area (Å²) < 4.78 is 2.22. The zero-order valence-corrected chi connectivity index (χ0v) is 28.0. The molecule has 0 fully saturated rings. The van der Waals surface area contributed by atoms with Crippen molar-refractivity contribution in [2.75, 3.05) is 4.90 Å². The van der Waals surface area contributed by atoms with Gasteiger partial charge in [-0.05, 0) is 54.6 Å². The Balaban J connectivity index is 1.27. The average Bonchev–Trinajstić information content (AvgIpc) is 3.57. The third-order valence-corrected chi connectivity index (χ3v) is 9.26. The minimum Gasteiger partial charge on any atom is -0.308 e. The van der Waals surface area contributed by atoms with Crippen LogP contribution in [-0.2, 0) is 0 Å². The fraction of sp³-hybridized carbons (Fsp3) is 0. The maximum Gasteiger partial charge on any atom is 0.164 e. The first-order valence-corrected chi connectivity index (χ1v) is 17.1. The highest BCUT2D eigenvalue weighted by Gasteiger charge is 2.23. The van der Waals surface area contributed by atoms with Gasteiger partial charge in [-0.15, -0.1) is 0 Å². The van der Waals surface area contributed by atoms with Crippen LogP contribution in [-0.4, -0.2) is 19.5 Å². The molecule has 0 aliphatic carbocycles. The van der Waals surface area contributed by atoms with Crippen LogP contribution in [0.1, 0.15) is 5.56 Å². The molecule has 2 aromatic heterocycles. The van der Waals surface area contributed by atoms with E-state index in [4.69, 9.17) is 15.0 Å². The Labute approximate surface area is 301 Å². The van der Waals surface area contributed by atoms with Crippen molar-refractivity contribution >= 4 is 38.9 Å². The van der Waals surface area contributed by atoms with Gasteiger partial charge in [-0.3, -0.25) is 0 Å². The van der Waals surface area contributed by atoms with E-state index in [-0.39, 0.29) is 0 Å². The third-order valence-electron chi connectivity index (χ3n) is 9.26. The van der Waals surface area contributed by atoms with E-state index in [2.05, 4.69) is 100 Å². The summed E-state index contributed by atoms with van der Waals surface area (Å²) in [5, 5.41) is 13.0. The lowest BCUT2D eigenvalue weighted by molar-refractivity contribution is 1.07. The Kier molecular flexibility index (Phi) is 7.77. The lowest BCUT2D eigenvalue weighted by Crippen LogP contribution is -2.11. The SMILES string of the molecule is N#Cc1cc(-c2nc(-c3ccccc3)nc(-c3ccccc3)n2)ccc1-n1c2ccccc2c2cccc(N(c3ccccc3)c3ccccc3)c21. The Hall–Kier alpha value is -7.36. The van der Waals surface area contributed by atoms with Gasteiger partial charge in [-0.2, -0.15) is 5.26 Å². The first kappa shape index (κ1) is 30.7. The third kappa shape index (κ3) is 5.43. The number of nitriles is 1. The van der Waals surface area contributed by atoms with Crippen LogP contribution in [0.15, 0.2) is 182 Å². The maximum absolute atomic E-state index is 10.8. The van der Waals surface area contributed by atoms with Crippen LogP contribution in [0.5, 0.6) is 0 Å². The molecule has 52 heavy (non-hydrogen) atoms. The molecular formula is C46H30N6. The summed E-state index contributed by atoms with van der Waals surface area (Å²) in [5.41, 5.74) is 8.85. The van der Waals surface area contributed by atoms with Gasteiger partial charge in [0.15, 0.2) is 17.5 Å². The predicted molar refractivity (Wildman–Crippen MR) is 210 cm³/mol. The van der Waals surface area contributed by atoms with Gasteiger partial charge in [-0.25, -0.2) is 15.0 Å². The lowest BCUT2D eigenvalue weighted by Gasteiger charge is -2.27. The molecule has 6 heteroatoms. The molecule has 0 atom stereocenters. The van der Waals surface area contributed by atoms with Crippen molar-refractivity contribution < 1.29 is 0 Å². The van der Waals surface area contributed by atoms with Gasteiger partial charge in [0.2, 0.25) is 0 Å². The van der Waals surface area contributed by atoms with E-state index < -0.39 is 0 Å². The van der Waals surface area contributed by atoms with E-state index >= 15 is 0 Å². The number of nitrogens with zero attached hydrogens (tertiary/aromatic N) is 6. The number of para-hydroxylation sites is 4. The number of hydrogen-bond donors (Lipinski definition) is 0. The van der Waals surface area contributed by atoms with Crippen LogP contribution in [0.25, 0.3) is 61.7 Å². The lowest BCUT2D eigenvalue weighted by atomic mass is 10.1. The van der Waals surface area contributed by atoms with Crippen LogP contribution in [0, 0.1) is 11.3 Å². The molecule has 0 amide bonds. The van der Waals surface area contributed by atoms with Crippen LogP contribution in [0.2, 0.25) is 0 Å². The Morgan fingerprint density at radius 3 is 1.54 bits per heavy atom. The van der Waals surface area contributed by atoms with Gasteiger partial charge in [0.25, 0.3) is 0 Å². The highest BCUT2D eigenvalue weighted by atomic mass is 15.2. The molecule has 0 saturated heterocycles. The van der Waals surface area contributed by atoms with Gasteiger partial charge >= 0.3 is 0 Å². The number of fused-ring (bicyclic) bond motifs is 3. The normalized spacial score (nSPS) is 11.1. The summed E-state index contributed by atoms with van der Waals surface area (Å²) in [6.07, 6.45) is 0. The molecule has 9 rings (SSSR count). The summed E-state index contributed by atoms with van der Waals surface area (Å²) in [7, 11) is 0. The Bertz CT molecular complexity index is 2640. The molecule has 9 aromatic rings. The van der Waals surface area contributed by atoms with Crippen LogP contribution < -0.4 is 4.90 Å². The van der Waals surface area contributed by atoms with E-state index in [1.165, 1.54) is 0 Å². The van der Waals surface area contributed by atoms with Crippen LogP contribution >= 0.6 is 0 Å². The summed E-state index contributed by atoms with van der Waals surface area (Å²) in [6.45, 7) is 0. The molecule has 244 valence electrons. The smallest absolute Gasteiger partial charge is 0.164 e. The molecule has 0 unspecified atom stereocenters. The molecule has 0 spiro atoms. The van der Waals surface area contributed by atoms with Crippen LogP contribution in [0.4, 0.5) is 17.1 Å². The minimum absolute atomic E-state index is 0.498. The number of hydrogen-bond acceptors (Lipinski definition) is 5. The van der Waals surface area contributed by atoms with Gasteiger partial charge in [0.05, 0.1) is 28.0 Å². The maximum atomic E-state index is 10.8. The zero-order chi connectivity index (χ0) is 34.9. The fourth-order valence-corrected chi connectivity index (χ4v) is 6.91. The van der Waals surface area contributed by atoms with Crippen molar-refractivity contribution in [3.05, 3.63) is 188 Å². The first-order chi connectivity index (χ1) is 25.8. The quantitative estimate of drug-likeness (QED) is 0.169. The van der Waals surface area contributed by atoms with E-state index in [9.17, 15) is 5.26 Å². The van der Waals surface area contributed by atoms with Crippen molar-refractivity contribution in [3.63, 3.8) is 0 Å². The fourth-order valence-electron chi connectivity index (χ4n) is 6.91. The standard InChI is InChI=1S/C46H30N6/c47-31-35-30-34(46-49-44(32-16-5-1-6-17-32)48-45(50-46)33-18-7-2-8-19-33)28-29-40(35)52-41-26-14-13-24-38(41)39-25-15-27-42(43(39)52)51(36-20-9-3-10-21-36)37-22-11-4-12-23-37/h1-30H. The molecule has 0 bridgehead atoms. The van der Waals surface area contributed by atoms with Crippen molar-refractivity contribution in [2.45, 2.75) is 0 Å². The van der Waals surface area contributed by atoms with E-state index in [0.29, 0.717) is 23.0 Å². The Morgan fingerprint density at radius 1 is 0.462 bits per heavy atom. The highest BCUT2D eigenvalue weighted by Crippen LogP contribution is 2.43. The molecule has 0 aliphatic heterocycles. The number of aromatic nitrogens is 4. The van der Waals surface area contributed by atoms with E-state index in [1.54, 1.807) is 0 Å². The van der Waals surface area contributed by atoms with Crippen LogP contribution in [0.3, 0.4) is 0 Å². The number of rotatable bonds is 7. The number of benzene rings is 7. The molecular weight excluding hydrogens is 637 g/mol. The van der Waals surface area contributed by atoms with Gasteiger partial charge in [0, 0.05) is 38.8 Å². The van der Waals surface area contributed by atoms with Gasteiger partial charge < -0.3 is 9.47 Å². The molecule has 0 radical (unpaired) electrons. The predicted octanol–water partition coefficient (Wildman–Crippen LogP) is 11.3. The van der Waals surface area contributed by atoms with Gasteiger partial charge in [0.1, 0.15) is 6.07 Å². The van der Waals surface area contributed by atoms with E-state index in [1.807, 2.05) is 97.1 Å². The Morgan fingerprint density at radius 2 is 0.962 bits per heavy atom. The van der Waals surface area contributed by atoms with Crippen molar-refractivity contribution in [1.82, 2.24) is 19.5 Å². The molecule has 0 N–H and O–H groups in total. The summed E-state index contributed by atoms with van der Waals surface area (Å²) in [4.78, 5) is 17.0. The summed E-state index contributed by atoms with van der Waals surface area (Å²) in [5.74, 6) is 1.64. The highest BCUT2D eigenvalue weighted by molar-refractivity contribution is 6.14. The van der Waals surface area contributed by atoms with Crippen molar-refractivity contribution in [1.29, 1.82) is 5.26 Å². The van der Waals surface area contributed by atoms with Gasteiger partial charge in [-0.1, -0.05) is 127 Å². The topological polar surface area (TPSA) is 70.6 Å². The zero-order valence-electron chi connectivity index (χ0n) is 28.0. The average molecular weight is 667 g/mol. The first-order valence-electron chi connectivity index (χ1n) is 17.1. The van der Waals surface area contributed by atoms with E-state index in [0.717, 1.165) is 61.2 Å². The monoisotopic (exact) mass is 666 g/mol. The van der Waals surface area contributed by atoms with Crippen molar-refractivity contribution in [2.24, 2.45) is 0 Å². The molecule has 0 saturated carbocycles. The summed E-state index contributed by atoms with van der Waals surface area (Å²) >= 11 is 0. The second kappa shape index (κ2) is 13.2. The molecule has 6 nitrogen and oxygen atoms in total. The largest absolute Gasteiger partial charge is 0.308 e. The summed E-state index contributed by atoms with van der Waals surface area (Å²) in [6, 6.07) is 63.8. The van der Waals surface area contributed by atoms with Crippen molar-refractivity contribution in [3.8, 4) is 45.9 Å². The molecule has 7 aromatic carbocycles.